The predicted octanol–water partition coefficient (Wildman–Crippen LogP) is 3.11. The summed E-state index contributed by atoms with van der Waals surface area (Å²) < 4.78 is 0. The standard InChI is InChI=1S/C17H25ClN4.HI/c18-16-5-2-1-4-15(16)13-22-10-6-14(7-11-22)12-21-17-19-8-3-9-20-17;/h1-2,4-5,14H,3,6-13H2,(H2,19,20,21);1H. The maximum absolute atomic E-state index is 6.25. The molecule has 1 aromatic carbocycles. The highest BCUT2D eigenvalue weighted by Crippen LogP contribution is 2.21. The fraction of sp³-hybridized carbons (Fsp3) is 0.588. The first-order valence-corrected chi connectivity index (χ1v) is 8.67. The Hall–Kier alpha value is -0.530. The van der Waals surface area contributed by atoms with E-state index >= 15 is 0 Å². The first kappa shape index (κ1) is 18.8. The first-order chi connectivity index (χ1) is 10.8. The lowest BCUT2D eigenvalue weighted by molar-refractivity contribution is 0.178. The van der Waals surface area contributed by atoms with Gasteiger partial charge in [-0.25, -0.2) is 0 Å². The van der Waals surface area contributed by atoms with Crippen molar-refractivity contribution in [3.05, 3.63) is 34.9 Å². The molecular weight excluding hydrogens is 423 g/mol. The van der Waals surface area contributed by atoms with E-state index in [0.717, 1.165) is 62.6 Å². The van der Waals surface area contributed by atoms with E-state index in [2.05, 4.69) is 32.7 Å². The van der Waals surface area contributed by atoms with Crippen LogP contribution in [0.5, 0.6) is 0 Å². The van der Waals surface area contributed by atoms with Crippen molar-refractivity contribution in [2.75, 3.05) is 32.7 Å². The summed E-state index contributed by atoms with van der Waals surface area (Å²) in [5.41, 5.74) is 1.24. The van der Waals surface area contributed by atoms with Crippen LogP contribution in [-0.4, -0.2) is 43.6 Å². The highest BCUT2D eigenvalue weighted by atomic mass is 127. The van der Waals surface area contributed by atoms with Crippen LogP contribution >= 0.6 is 35.6 Å². The van der Waals surface area contributed by atoms with E-state index < -0.39 is 0 Å². The molecule has 0 aromatic heterocycles. The third kappa shape index (κ3) is 5.80. The summed E-state index contributed by atoms with van der Waals surface area (Å²) in [6.07, 6.45) is 3.63. The van der Waals surface area contributed by atoms with Crippen molar-refractivity contribution in [3.8, 4) is 0 Å². The lowest BCUT2D eigenvalue weighted by Gasteiger charge is -2.32. The number of benzene rings is 1. The van der Waals surface area contributed by atoms with Crippen molar-refractivity contribution in [1.29, 1.82) is 0 Å². The lowest BCUT2D eigenvalue weighted by atomic mass is 9.96. The molecule has 1 saturated heterocycles. The number of halogens is 2. The van der Waals surface area contributed by atoms with E-state index in [9.17, 15) is 0 Å². The fourth-order valence-corrected chi connectivity index (χ4v) is 3.30. The van der Waals surface area contributed by atoms with Crippen molar-refractivity contribution in [3.63, 3.8) is 0 Å². The Morgan fingerprint density at radius 1 is 1.26 bits per heavy atom. The maximum Gasteiger partial charge on any atom is 0.191 e. The van der Waals surface area contributed by atoms with Gasteiger partial charge in [0.1, 0.15) is 0 Å². The van der Waals surface area contributed by atoms with Gasteiger partial charge in [-0.15, -0.1) is 24.0 Å². The van der Waals surface area contributed by atoms with Crippen molar-refractivity contribution >= 4 is 41.5 Å². The lowest BCUT2D eigenvalue weighted by Crippen LogP contribution is -2.44. The van der Waals surface area contributed by atoms with Gasteiger partial charge < -0.3 is 10.6 Å². The van der Waals surface area contributed by atoms with Crippen LogP contribution in [0.15, 0.2) is 29.3 Å². The van der Waals surface area contributed by atoms with Crippen LogP contribution in [-0.2, 0) is 6.54 Å². The third-order valence-electron chi connectivity index (χ3n) is 4.51. The van der Waals surface area contributed by atoms with Crippen LogP contribution in [0.1, 0.15) is 24.8 Å². The molecule has 0 radical (unpaired) electrons. The molecule has 2 aliphatic heterocycles. The van der Waals surface area contributed by atoms with E-state index in [0.29, 0.717) is 0 Å². The Balaban J connectivity index is 0.00000192. The first-order valence-electron chi connectivity index (χ1n) is 8.29. The van der Waals surface area contributed by atoms with Gasteiger partial charge in [0, 0.05) is 31.2 Å². The van der Waals surface area contributed by atoms with Crippen LogP contribution in [0.3, 0.4) is 0 Å². The Kier molecular flexibility index (Phi) is 7.92. The molecule has 0 aliphatic carbocycles. The highest BCUT2D eigenvalue weighted by Gasteiger charge is 2.20. The van der Waals surface area contributed by atoms with Gasteiger partial charge >= 0.3 is 0 Å². The highest BCUT2D eigenvalue weighted by molar-refractivity contribution is 14.0. The molecule has 128 valence electrons. The van der Waals surface area contributed by atoms with E-state index in [1.165, 1.54) is 18.4 Å². The van der Waals surface area contributed by atoms with Gasteiger partial charge in [-0.3, -0.25) is 9.89 Å². The minimum atomic E-state index is 0. The van der Waals surface area contributed by atoms with Crippen molar-refractivity contribution < 1.29 is 0 Å². The zero-order valence-corrected chi connectivity index (χ0v) is 16.5. The van der Waals surface area contributed by atoms with Crippen molar-refractivity contribution in [1.82, 2.24) is 15.5 Å². The van der Waals surface area contributed by atoms with Gasteiger partial charge in [0.15, 0.2) is 5.96 Å². The fourth-order valence-electron chi connectivity index (χ4n) is 3.11. The molecule has 0 unspecified atom stereocenters. The molecule has 2 heterocycles. The van der Waals surface area contributed by atoms with Crippen LogP contribution in [0.25, 0.3) is 0 Å². The molecule has 0 spiro atoms. The summed E-state index contributed by atoms with van der Waals surface area (Å²) in [5.74, 6) is 1.73. The van der Waals surface area contributed by atoms with E-state index in [1.54, 1.807) is 0 Å². The Bertz CT molecular complexity index is 515. The third-order valence-corrected chi connectivity index (χ3v) is 4.88. The second-order valence-corrected chi connectivity index (χ2v) is 6.61. The molecule has 6 heteroatoms. The van der Waals surface area contributed by atoms with Crippen LogP contribution in [0.4, 0.5) is 0 Å². The molecule has 4 nitrogen and oxygen atoms in total. The average molecular weight is 449 g/mol. The summed E-state index contributed by atoms with van der Waals surface area (Å²) in [7, 11) is 0. The van der Waals surface area contributed by atoms with Gasteiger partial charge in [-0.1, -0.05) is 29.8 Å². The Morgan fingerprint density at radius 2 is 2.04 bits per heavy atom. The van der Waals surface area contributed by atoms with Gasteiger partial charge in [0.05, 0.1) is 0 Å². The number of nitrogens with one attached hydrogen (secondary N) is 2. The SMILES string of the molecule is Clc1ccccc1CN1CCC(CNC2=NCCCN2)CC1.I. The summed E-state index contributed by atoms with van der Waals surface area (Å²) >= 11 is 6.25. The van der Waals surface area contributed by atoms with Crippen LogP contribution < -0.4 is 10.6 Å². The Morgan fingerprint density at radius 3 is 2.74 bits per heavy atom. The summed E-state index contributed by atoms with van der Waals surface area (Å²) in [6, 6.07) is 8.16. The van der Waals surface area contributed by atoms with Crippen molar-refractivity contribution in [2.45, 2.75) is 25.8 Å². The quantitative estimate of drug-likeness (QED) is 0.695. The zero-order chi connectivity index (χ0) is 15.2. The van der Waals surface area contributed by atoms with Gasteiger partial charge in [-0.2, -0.15) is 0 Å². The van der Waals surface area contributed by atoms with Crippen LogP contribution in [0.2, 0.25) is 5.02 Å². The van der Waals surface area contributed by atoms with Gasteiger partial charge in [0.25, 0.3) is 0 Å². The van der Waals surface area contributed by atoms with E-state index in [1.807, 2.05) is 12.1 Å². The smallest absolute Gasteiger partial charge is 0.191 e. The van der Waals surface area contributed by atoms with Gasteiger partial charge in [-0.05, 0) is 49.9 Å². The molecule has 2 aliphatic rings. The molecule has 3 rings (SSSR count). The number of piperidine rings is 1. The Labute approximate surface area is 161 Å². The molecule has 1 aromatic rings. The second kappa shape index (κ2) is 9.69. The monoisotopic (exact) mass is 448 g/mol. The summed E-state index contributed by atoms with van der Waals surface area (Å²) in [4.78, 5) is 6.97. The molecule has 23 heavy (non-hydrogen) atoms. The molecule has 0 atom stereocenters. The topological polar surface area (TPSA) is 39.7 Å². The largest absolute Gasteiger partial charge is 0.356 e. The zero-order valence-electron chi connectivity index (χ0n) is 13.4. The molecule has 1 fully saturated rings. The number of nitrogens with zero attached hydrogens (tertiary/aromatic N) is 2. The maximum atomic E-state index is 6.25. The number of hydrogen-bond donors (Lipinski definition) is 2. The molecular formula is C17H26ClIN4. The second-order valence-electron chi connectivity index (χ2n) is 6.20. The minimum Gasteiger partial charge on any atom is -0.356 e. The number of hydrogen-bond acceptors (Lipinski definition) is 4. The molecule has 0 bridgehead atoms. The summed E-state index contributed by atoms with van der Waals surface area (Å²) in [5, 5.41) is 7.67. The number of guanidine groups is 1. The number of aliphatic imine (C=N–C) groups is 1. The van der Waals surface area contributed by atoms with Crippen molar-refractivity contribution in [2.24, 2.45) is 10.9 Å². The van der Waals surface area contributed by atoms with Gasteiger partial charge in [0.2, 0.25) is 0 Å². The number of likely N-dealkylation sites (tertiary alicyclic amines) is 1. The predicted molar refractivity (Wildman–Crippen MR) is 108 cm³/mol. The average Bonchev–Trinajstić information content (AvgIpc) is 2.57. The molecule has 0 saturated carbocycles. The van der Waals surface area contributed by atoms with E-state index in [-0.39, 0.29) is 24.0 Å². The number of rotatable bonds is 4. The van der Waals surface area contributed by atoms with E-state index in [4.69, 9.17) is 11.6 Å². The summed E-state index contributed by atoms with van der Waals surface area (Å²) in [6.45, 7) is 6.29. The molecule has 2 N–H and O–H groups in total. The minimum absolute atomic E-state index is 0. The van der Waals surface area contributed by atoms with Crippen LogP contribution in [0, 0.1) is 5.92 Å². The molecule has 0 amide bonds. The normalized spacial score (nSPS) is 19.4.